The second kappa shape index (κ2) is 5.88. The van der Waals surface area contributed by atoms with Crippen LogP contribution in [0.4, 0.5) is 17.6 Å². The molecular formula is C13H15F4NO. The molecule has 0 amide bonds. The van der Waals surface area contributed by atoms with Crippen LogP contribution in [0.3, 0.4) is 0 Å². The van der Waals surface area contributed by atoms with Crippen molar-refractivity contribution in [3.63, 3.8) is 0 Å². The van der Waals surface area contributed by atoms with Crippen molar-refractivity contribution in [2.75, 3.05) is 13.2 Å². The van der Waals surface area contributed by atoms with Crippen molar-refractivity contribution in [1.29, 1.82) is 0 Å². The second-order valence-corrected chi connectivity index (χ2v) is 4.61. The molecule has 0 spiro atoms. The van der Waals surface area contributed by atoms with E-state index in [4.69, 9.17) is 4.74 Å². The molecule has 0 unspecified atom stereocenters. The molecule has 1 aliphatic rings. The zero-order valence-corrected chi connectivity index (χ0v) is 10.3. The maximum absolute atomic E-state index is 13.2. The smallest absolute Gasteiger partial charge is 0.381 e. The van der Waals surface area contributed by atoms with Gasteiger partial charge in [-0.1, -0.05) is 0 Å². The topological polar surface area (TPSA) is 21.3 Å². The minimum atomic E-state index is -4.52. The van der Waals surface area contributed by atoms with E-state index < -0.39 is 17.6 Å². The standard InChI is InChI=1S/C13H15F4NO/c14-11-6-9(5-10(7-11)13(15,16)17)8-18-12-1-3-19-4-2-12/h5-7,12,18H,1-4,8H2. The van der Waals surface area contributed by atoms with E-state index in [0.717, 1.165) is 25.0 Å². The van der Waals surface area contributed by atoms with Crippen LogP contribution in [0.1, 0.15) is 24.0 Å². The molecule has 1 aromatic rings. The summed E-state index contributed by atoms with van der Waals surface area (Å²) >= 11 is 0. The lowest BCUT2D eigenvalue weighted by molar-refractivity contribution is -0.137. The highest BCUT2D eigenvalue weighted by molar-refractivity contribution is 5.26. The SMILES string of the molecule is Fc1cc(CNC2CCOCC2)cc(C(F)(F)F)c1. The van der Waals surface area contributed by atoms with Crippen molar-refractivity contribution in [1.82, 2.24) is 5.32 Å². The predicted octanol–water partition coefficient (Wildman–Crippen LogP) is 3.11. The van der Waals surface area contributed by atoms with E-state index in [9.17, 15) is 17.6 Å². The van der Waals surface area contributed by atoms with Gasteiger partial charge in [-0.25, -0.2) is 4.39 Å². The maximum Gasteiger partial charge on any atom is 0.416 e. The molecule has 0 aromatic heterocycles. The summed E-state index contributed by atoms with van der Waals surface area (Å²) in [4.78, 5) is 0. The summed E-state index contributed by atoms with van der Waals surface area (Å²) in [5.41, 5.74) is -0.643. The van der Waals surface area contributed by atoms with Gasteiger partial charge in [-0.15, -0.1) is 0 Å². The quantitative estimate of drug-likeness (QED) is 0.857. The van der Waals surface area contributed by atoms with Crippen molar-refractivity contribution in [3.8, 4) is 0 Å². The number of rotatable bonds is 3. The number of halogens is 4. The fourth-order valence-corrected chi connectivity index (χ4v) is 2.08. The first-order valence-corrected chi connectivity index (χ1v) is 6.13. The van der Waals surface area contributed by atoms with Crippen LogP contribution in [0, 0.1) is 5.82 Å². The zero-order valence-electron chi connectivity index (χ0n) is 10.3. The van der Waals surface area contributed by atoms with Crippen LogP contribution < -0.4 is 5.32 Å². The fourth-order valence-electron chi connectivity index (χ4n) is 2.08. The van der Waals surface area contributed by atoms with Gasteiger partial charge in [-0.05, 0) is 36.6 Å². The van der Waals surface area contributed by atoms with E-state index in [2.05, 4.69) is 5.32 Å². The van der Waals surface area contributed by atoms with Gasteiger partial charge >= 0.3 is 6.18 Å². The first-order valence-electron chi connectivity index (χ1n) is 6.13. The van der Waals surface area contributed by atoms with Gasteiger partial charge in [0.25, 0.3) is 0 Å². The number of hydrogen-bond acceptors (Lipinski definition) is 2. The first-order chi connectivity index (χ1) is 8.95. The van der Waals surface area contributed by atoms with Crippen LogP contribution in [0.5, 0.6) is 0 Å². The van der Waals surface area contributed by atoms with Crippen LogP contribution in [0.25, 0.3) is 0 Å². The molecule has 2 rings (SSSR count). The molecular weight excluding hydrogens is 262 g/mol. The van der Waals surface area contributed by atoms with Crippen LogP contribution in [0.2, 0.25) is 0 Å². The number of nitrogens with one attached hydrogen (secondary N) is 1. The summed E-state index contributed by atoms with van der Waals surface area (Å²) in [7, 11) is 0. The fraction of sp³-hybridized carbons (Fsp3) is 0.538. The van der Waals surface area contributed by atoms with E-state index in [1.54, 1.807) is 0 Å². The van der Waals surface area contributed by atoms with Gasteiger partial charge in [-0.2, -0.15) is 13.2 Å². The molecule has 0 saturated carbocycles. The highest BCUT2D eigenvalue weighted by Crippen LogP contribution is 2.30. The van der Waals surface area contributed by atoms with E-state index in [1.165, 1.54) is 0 Å². The third-order valence-electron chi connectivity index (χ3n) is 3.10. The first kappa shape index (κ1) is 14.3. The highest BCUT2D eigenvalue weighted by atomic mass is 19.4. The van der Waals surface area contributed by atoms with Crippen molar-refractivity contribution in [3.05, 3.63) is 35.1 Å². The van der Waals surface area contributed by atoms with Gasteiger partial charge in [-0.3, -0.25) is 0 Å². The Morgan fingerprint density at radius 2 is 1.84 bits per heavy atom. The third-order valence-corrected chi connectivity index (χ3v) is 3.10. The van der Waals surface area contributed by atoms with E-state index in [-0.39, 0.29) is 12.6 Å². The molecule has 0 atom stereocenters. The van der Waals surface area contributed by atoms with Crippen molar-refractivity contribution >= 4 is 0 Å². The highest BCUT2D eigenvalue weighted by Gasteiger charge is 2.31. The Labute approximate surface area is 108 Å². The number of benzene rings is 1. The van der Waals surface area contributed by atoms with Crippen LogP contribution in [-0.4, -0.2) is 19.3 Å². The molecule has 1 aliphatic heterocycles. The van der Waals surface area contributed by atoms with Gasteiger partial charge in [0.05, 0.1) is 5.56 Å². The number of hydrogen-bond donors (Lipinski definition) is 1. The van der Waals surface area contributed by atoms with Gasteiger partial charge in [0.1, 0.15) is 5.82 Å². The Morgan fingerprint density at radius 1 is 1.16 bits per heavy atom. The molecule has 1 aromatic carbocycles. The maximum atomic E-state index is 13.2. The lowest BCUT2D eigenvalue weighted by atomic mass is 10.1. The van der Waals surface area contributed by atoms with Crippen LogP contribution >= 0.6 is 0 Å². The number of ether oxygens (including phenoxy) is 1. The Balaban J connectivity index is 2.01. The van der Waals surface area contributed by atoms with Crippen molar-refractivity contribution in [2.45, 2.75) is 31.6 Å². The van der Waals surface area contributed by atoms with E-state index in [1.807, 2.05) is 0 Å². The summed E-state index contributed by atoms with van der Waals surface area (Å²) in [5, 5.41) is 3.13. The molecule has 1 heterocycles. The summed E-state index contributed by atoms with van der Waals surface area (Å²) < 4.78 is 56.0. The summed E-state index contributed by atoms with van der Waals surface area (Å²) in [6, 6.07) is 2.83. The molecule has 1 N–H and O–H groups in total. The Hall–Kier alpha value is -1.14. The average molecular weight is 277 g/mol. The van der Waals surface area contributed by atoms with Gasteiger partial charge < -0.3 is 10.1 Å². The molecule has 106 valence electrons. The van der Waals surface area contributed by atoms with Crippen LogP contribution in [0.15, 0.2) is 18.2 Å². The van der Waals surface area contributed by atoms with Gasteiger partial charge in [0.2, 0.25) is 0 Å². The molecule has 6 heteroatoms. The summed E-state index contributed by atoms with van der Waals surface area (Å²) in [5.74, 6) is -0.862. The molecule has 0 aliphatic carbocycles. The molecule has 2 nitrogen and oxygen atoms in total. The zero-order chi connectivity index (χ0) is 13.9. The molecule has 0 radical (unpaired) electrons. The monoisotopic (exact) mass is 277 g/mol. The largest absolute Gasteiger partial charge is 0.416 e. The van der Waals surface area contributed by atoms with Gasteiger partial charge in [0, 0.05) is 25.8 Å². The lowest BCUT2D eigenvalue weighted by Gasteiger charge is -2.23. The summed E-state index contributed by atoms with van der Waals surface area (Å²) in [6.45, 7) is 1.52. The minimum absolute atomic E-state index is 0.214. The van der Waals surface area contributed by atoms with Crippen LogP contribution in [-0.2, 0) is 17.5 Å². The number of alkyl halides is 3. The van der Waals surface area contributed by atoms with Gasteiger partial charge in [0.15, 0.2) is 0 Å². The van der Waals surface area contributed by atoms with Crippen molar-refractivity contribution < 1.29 is 22.3 Å². The third kappa shape index (κ3) is 4.18. The van der Waals surface area contributed by atoms with E-state index >= 15 is 0 Å². The van der Waals surface area contributed by atoms with E-state index in [0.29, 0.717) is 24.8 Å². The minimum Gasteiger partial charge on any atom is -0.381 e. The Kier molecular flexibility index (Phi) is 4.42. The molecule has 0 bridgehead atoms. The lowest BCUT2D eigenvalue weighted by Crippen LogP contribution is -2.34. The molecule has 1 saturated heterocycles. The predicted molar refractivity (Wildman–Crippen MR) is 62.1 cm³/mol. The second-order valence-electron chi connectivity index (χ2n) is 4.61. The Morgan fingerprint density at radius 3 is 2.47 bits per heavy atom. The summed E-state index contributed by atoms with van der Waals surface area (Å²) in [6.07, 6.45) is -2.88. The van der Waals surface area contributed by atoms with Crippen molar-refractivity contribution in [2.24, 2.45) is 0 Å². The average Bonchev–Trinajstić information content (AvgIpc) is 2.36. The normalized spacial score (nSPS) is 17.7. The molecule has 19 heavy (non-hydrogen) atoms. The Bertz CT molecular complexity index is 427. The molecule has 1 fully saturated rings.